The van der Waals surface area contributed by atoms with Crippen molar-refractivity contribution in [2.75, 3.05) is 26.4 Å². The predicted molar refractivity (Wildman–Crippen MR) is 104 cm³/mol. The first-order valence-corrected chi connectivity index (χ1v) is 10.4. The summed E-state index contributed by atoms with van der Waals surface area (Å²) < 4.78 is 25.8. The van der Waals surface area contributed by atoms with Gasteiger partial charge >= 0.3 is 0 Å². The summed E-state index contributed by atoms with van der Waals surface area (Å²) in [6.07, 6.45) is 0. The number of nitrogens with zero attached hydrogens (tertiary/aromatic N) is 3. The van der Waals surface area contributed by atoms with E-state index in [4.69, 9.17) is 4.99 Å². The summed E-state index contributed by atoms with van der Waals surface area (Å²) in [5.41, 5.74) is 1.90. The van der Waals surface area contributed by atoms with Crippen molar-refractivity contribution in [3.05, 3.63) is 60.2 Å². The largest absolute Gasteiger partial charge is 0.346 e. The third kappa shape index (κ3) is 4.23. The van der Waals surface area contributed by atoms with E-state index in [9.17, 15) is 8.42 Å². The average molecular weight is 376 g/mol. The number of rotatable bonds is 5. The number of aliphatic imine (C=N–C) groups is 1. The molecule has 0 radical (unpaired) electrons. The molecule has 1 fully saturated rings. The minimum Gasteiger partial charge on any atom is -0.346 e. The lowest BCUT2D eigenvalue weighted by atomic mass is 10.2. The lowest BCUT2D eigenvalue weighted by Crippen LogP contribution is -2.23. The molecule has 0 atom stereocenters. The Morgan fingerprint density at radius 3 is 2.60 bits per heavy atom. The molecular formula is C18H21N3O2S2. The minimum absolute atomic E-state index is 0.261. The van der Waals surface area contributed by atoms with Crippen LogP contribution < -0.4 is 0 Å². The van der Waals surface area contributed by atoms with Crippen LogP contribution in [0.25, 0.3) is 0 Å². The van der Waals surface area contributed by atoms with E-state index in [-0.39, 0.29) is 4.90 Å². The quantitative estimate of drug-likeness (QED) is 0.805. The molecule has 0 aliphatic carbocycles. The van der Waals surface area contributed by atoms with Crippen LogP contribution >= 0.6 is 11.8 Å². The Hall–Kier alpha value is -1.83. The third-order valence-electron chi connectivity index (χ3n) is 3.90. The van der Waals surface area contributed by atoms with Gasteiger partial charge in [-0.05, 0) is 23.8 Å². The molecule has 0 bridgehead atoms. The van der Waals surface area contributed by atoms with Gasteiger partial charge in [-0.2, -0.15) is 0 Å². The van der Waals surface area contributed by atoms with Crippen molar-refractivity contribution in [1.29, 1.82) is 0 Å². The molecule has 1 aliphatic rings. The van der Waals surface area contributed by atoms with E-state index >= 15 is 0 Å². The fraction of sp³-hybridized carbons (Fsp3) is 0.278. The number of sulfonamides is 1. The highest BCUT2D eigenvalue weighted by atomic mass is 32.2. The molecule has 1 heterocycles. The Balaban J connectivity index is 1.84. The Bertz CT molecular complexity index is 865. The first kappa shape index (κ1) is 18.0. The van der Waals surface area contributed by atoms with Gasteiger partial charge in [0.05, 0.1) is 10.6 Å². The molecule has 25 heavy (non-hydrogen) atoms. The van der Waals surface area contributed by atoms with E-state index in [1.165, 1.54) is 24.0 Å². The van der Waals surface area contributed by atoms with Crippen LogP contribution in [0.5, 0.6) is 0 Å². The Morgan fingerprint density at radius 2 is 1.88 bits per heavy atom. The monoisotopic (exact) mass is 375 g/mol. The van der Waals surface area contributed by atoms with Crippen LogP contribution in [0.4, 0.5) is 5.69 Å². The van der Waals surface area contributed by atoms with Gasteiger partial charge in [-0.1, -0.05) is 48.2 Å². The van der Waals surface area contributed by atoms with Crippen LogP contribution in [-0.2, 0) is 16.6 Å². The molecule has 5 nitrogen and oxygen atoms in total. The van der Waals surface area contributed by atoms with Crippen LogP contribution in [0.3, 0.4) is 0 Å². The summed E-state index contributed by atoms with van der Waals surface area (Å²) in [6.45, 7) is 1.75. The Morgan fingerprint density at radius 1 is 1.12 bits per heavy atom. The molecule has 0 unspecified atom stereocenters. The van der Waals surface area contributed by atoms with E-state index < -0.39 is 10.0 Å². The first-order chi connectivity index (χ1) is 12.0. The maximum Gasteiger partial charge on any atom is 0.242 e. The molecule has 1 saturated heterocycles. The second-order valence-electron chi connectivity index (χ2n) is 5.93. The zero-order valence-electron chi connectivity index (χ0n) is 14.3. The van der Waals surface area contributed by atoms with Crippen molar-refractivity contribution in [2.45, 2.75) is 11.4 Å². The van der Waals surface area contributed by atoms with Gasteiger partial charge < -0.3 is 4.90 Å². The van der Waals surface area contributed by atoms with E-state index in [0.29, 0.717) is 5.69 Å². The van der Waals surface area contributed by atoms with Crippen molar-refractivity contribution in [3.8, 4) is 0 Å². The summed E-state index contributed by atoms with van der Waals surface area (Å²) in [6, 6.07) is 17.1. The SMILES string of the molecule is CN(C)S(=O)(=O)c1cccc(N=C2SCCN2Cc2ccccc2)c1. The van der Waals surface area contributed by atoms with E-state index in [1.807, 2.05) is 24.3 Å². The molecule has 1 aliphatic heterocycles. The van der Waals surface area contributed by atoms with Gasteiger partial charge in [-0.3, -0.25) is 0 Å². The molecule has 3 rings (SSSR count). The van der Waals surface area contributed by atoms with Gasteiger partial charge in [0.25, 0.3) is 0 Å². The highest BCUT2D eigenvalue weighted by molar-refractivity contribution is 8.14. The van der Waals surface area contributed by atoms with Gasteiger partial charge in [0.2, 0.25) is 10.0 Å². The van der Waals surface area contributed by atoms with Crippen LogP contribution in [0, 0.1) is 0 Å². The van der Waals surface area contributed by atoms with Crippen LogP contribution in [-0.4, -0.2) is 49.2 Å². The van der Waals surface area contributed by atoms with Gasteiger partial charge in [0, 0.05) is 32.9 Å². The Labute approximate surface area is 153 Å². The van der Waals surface area contributed by atoms with Gasteiger partial charge in [-0.25, -0.2) is 17.7 Å². The number of benzene rings is 2. The van der Waals surface area contributed by atoms with Crippen molar-refractivity contribution >= 4 is 32.6 Å². The van der Waals surface area contributed by atoms with E-state index in [0.717, 1.165) is 24.0 Å². The summed E-state index contributed by atoms with van der Waals surface area (Å²) >= 11 is 1.70. The van der Waals surface area contributed by atoms with Crippen LogP contribution in [0.2, 0.25) is 0 Å². The normalized spacial score (nSPS) is 16.8. The van der Waals surface area contributed by atoms with E-state index in [1.54, 1.807) is 30.0 Å². The minimum atomic E-state index is -3.45. The number of hydrogen-bond donors (Lipinski definition) is 0. The third-order valence-corrected chi connectivity index (χ3v) is 6.71. The van der Waals surface area contributed by atoms with Gasteiger partial charge in [-0.15, -0.1) is 0 Å². The molecule has 0 spiro atoms. The molecule has 0 aromatic heterocycles. The second-order valence-corrected chi connectivity index (χ2v) is 9.15. The molecule has 0 amide bonds. The van der Waals surface area contributed by atoms with Crippen LogP contribution in [0.1, 0.15) is 5.56 Å². The van der Waals surface area contributed by atoms with Crippen LogP contribution in [0.15, 0.2) is 64.5 Å². The summed E-state index contributed by atoms with van der Waals surface area (Å²) in [7, 11) is -0.391. The number of thioether (sulfide) groups is 1. The smallest absolute Gasteiger partial charge is 0.242 e. The predicted octanol–water partition coefficient (Wildman–Crippen LogP) is 3.17. The lowest BCUT2D eigenvalue weighted by molar-refractivity contribution is 0.457. The van der Waals surface area contributed by atoms with E-state index in [2.05, 4.69) is 17.0 Å². The molecule has 0 N–H and O–H groups in total. The first-order valence-electron chi connectivity index (χ1n) is 8.00. The van der Waals surface area contributed by atoms with Crippen molar-refractivity contribution in [1.82, 2.24) is 9.21 Å². The van der Waals surface area contributed by atoms with Gasteiger partial charge in [0.1, 0.15) is 0 Å². The molecular weight excluding hydrogens is 354 g/mol. The maximum atomic E-state index is 12.3. The lowest BCUT2D eigenvalue weighted by Gasteiger charge is -2.18. The molecule has 2 aromatic rings. The molecule has 0 saturated carbocycles. The highest BCUT2D eigenvalue weighted by Crippen LogP contribution is 2.26. The number of hydrogen-bond acceptors (Lipinski definition) is 4. The molecule has 2 aromatic carbocycles. The zero-order chi connectivity index (χ0) is 17.9. The zero-order valence-corrected chi connectivity index (χ0v) is 15.9. The fourth-order valence-electron chi connectivity index (χ4n) is 2.52. The molecule has 7 heteroatoms. The standard InChI is InChI=1S/C18H21N3O2S2/c1-20(2)25(22,23)17-10-6-9-16(13-17)19-18-21(11-12-24-18)14-15-7-4-3-5-8-15/h3-10,13H,11-12,14H2,1-2H3. The van der Waals surface area contributed by atoms with Gasteiger partial charge in [0.15, 0.2) is 5.17 Å². The fourth-order valence-corrected chi connectivity index (χ4v) is 4.47. The highest BCUT2D eigenvalue weighted by Gasteiger charge is 2.21. The topological polar surface area (TPSA) is 53.0 Å². The number of amidine groups is 1. The maximum absolute atomic E-state index is 12.3. The average Bonchev–Trinajstić information content (AvgIpc) is 3.02. The van der Waals surface area contributed by atoms with Crippen molar-refractivity contribution in [3.63, 3.8) is 0 Å². The summed E-state index contributed by atoms with van der Waals surface area (Å²) in [5.74, 6) is 0.987. The summed E-state index contributed by atoms with van der Waals surface area (Å²) in [5, 5.41) is 0.934. The van der Waals surface area contributed by atoms with Crippen molar-refractivity contribution < 1.29 is 8.42 Å². The van der Waals surface area contributed by atoms with Crippen molar-refractivity contribution in [2.24, 2.45) is 4.99 Å². The second kappa shape index (κ2) is 7.59. The summed E-state index contributed by atoms with van der Waals surface area (Å²) in [4.78, 5) is 7.18. The Kier molecular flexibility index (Phi) is 5.46. The molecule has 132 valence electrons.